The Hall–Kier alpha value is -1.10. The molecule has 5 heteroatoms. The number of nitrogens with zero attached hydrogens (tertiary/aromatic N) is 2. The maximum atomic E-state index is 12.6. The minimum Gasteiger partial charge on any atom is -0.481 e. The van der Waals surface area contributed by atoms with E-state index in [1.807, 2.05) is 4.90 Å². The summed E-state index contributed by atoms with van der Waals surface area (Å²) in [6.07, 6.45) is 4.10. The molecule has 1 saturated heterocycles. The summed E-state index contributed by atoms with van der Waals surface area (Å²) in [5.41, 5.74) is 0. The van der Waals surface area contributed by atoms with Gasteiger partial charge in [-0.05, 0) is 37.5 Å². The summed E-state index contributed by atoms with van der Waals surface area (Å²) in [5.74, 6) is -0.261. The third-order valence-electron chi connectivity index (χ3n) is 5.33. The van der Waals surface area contributed by atoms with E-state index in [4.69, 9.17) is 0 Å². The highest BCUT2D eigenvalue weighted by molar-refractivity contribution is 5.85. The third-order valence-corrected chi connectivity index (χ3v) is 5.33. The number of aliphatic carboxylic acids is 1. The Morgan fingerprint density at radius 3 is 2.24 bits per heavy atom. The number of rotatable bonds is 4. The van der Waals surface area contributed by atoms with E-state index in [-0.39, 0.29) is 11.8 Å². The molecular weight excluding hydrogens is 268 g/mol. The molecule has 0 bridgehead atoms. The standard InChI is InChI=1S/C16H26N2O3/c1-11-8-13(14(9-11)16(20)21)15(19)18-6-4-17(5-7-18)10-12-2-3-12/h11-14H,2-10H2,1H3,(H,20,21)/t11?,13-,14+/m0/s1. The van der Waals surface area contributed by atoms with Gasteiger partial charge in [-0.15, -0.1) is 0 Å². The molecule has 0 aromatic rings. The maximum Gasteiger partial charge on any atom is 0.307 e. The summed E-state index contributed by atoms with van der Waals surface area (Å²) in [5, 5.41) is 9.32. The normalized spacial score (nSPS) is 34.1. The number of amides is 1. The molecule has 1 aliphatic heterocycles. The SMILES string of the molecule is CC1C[C@H](C(=O)N2CCN(CC3CC3)CC2)[C@H](C(=O)O)C1. The van der Waals surface area contributed by atoms with Crippen molar-refractivity contribution in [3.8, 4) is 0 Å². The van der Waals surface area contributed by atoms with E-state index < -0.39 is 11.9 Å². The number of hydrogen-bond donors (Lipinski definition) is 1. The Bertz CT molecular complexity index is 414. The number of hydrogen-bond acceptors (Lipinski definition) is 3. The van der Waals surface area contributed by atoms with Gasteiger partial charge in [0, 0.05) is 32.7 Å². The summed E-state index contributed by atoms with van der Waals surface area (Å²) in [6, 6.07) is 0. The highest BCUT2D eigenvalue weighted by Gasteiger charge is 2.43. The lowest BCUT2D eigenvalue weighted by Crippen LogP contribution is -2.51. The molecule has 1 N–H and O–H groups in total. The number of carbonyl (C=O) groups is 2. The third kappa shape index (κ3) is 3.39. The van der Waals surface area contributed by atoms with Crippen molar-refractivity contribution in [2.24, 2.45) is 23.7 Å². The van der Waals surface area contributed by atoms with Gasteiger partial charge in [-0.1, -0.05) is 6.92 Å². The highest BCUT2D eigenvalue weighted by Crippen LogP contribution is 2.37. The highest BCUT2D eigenvalue weighted by atomic mass is 16.4. The van der Waals surface area contributed by atoms with Crippen molar-refractivity contribution in [2.45, 2.75) is 32.6 Å². The second-order valence-electron chi connectivity index (χ2n) is 7.20. The van der Waals surface area contributed by atoms with Crippen LogP contribution in [-0.4, -0.2) is 59.5 Å². The van der Waals surface area contributed by atoms with Crippen LogP contribution in [0.25, 0.3) is 0 Å². The molecule has 1 amide bonds. The van der Waals surface area contributed by atoms with Crippen LogP contribution in [0, 0.1) is 23.7 Å². The summed E-state index contributed by atoms with van der Waals surface area (Å²) < 4.78 is 0. The molecule has 5 nitrogen and oxygen atoms in total. The van der Waals surface area contributed by atoms with Gasteiger partial charge < -0.3 is 10.0 Å². The Morgan fingerprint density at radius 2 is 1.67 bits per heavy atom. The fraction of sp³-hybridized carbons (Fsp3) is 0.875. The first-order chi connectivity index (χ1) is 10.0. The number of carbonyl (C=O) groups excluding carboxylic acids is 1. The van der Waals surface area contributed by atoms with Crippen LogP contribution in [0.1, 0.15) is 32.6 Å². The molecule has 3 atom stereocenters. The van der Waals surface area contributed by atoms with E-state index in [1.165, 1.54) is 19.4 Å². The maximum absolute atomic E-state index is 12.6. The first-order valence-corrected chi connectivity index (χ1v) is 8.28. The first-order valence-electron chi connectivity index (χ1n) is 8.28. The van der Waals surface area contributed by atoms with E-state index in [0.717, 1.165) is 38.5 Å². The lowest BCUT2D eigenvalue weighted by Gasteiger charge is -2.36. The van der Waals surface area contributed by atoms with Crippen molar-refractivity contribution in [2.75, 3.05) is 32.7 Å². The molecule has 0 aromatic carbocycles. The quantitative estimate of drug-likeness (QED) is 0.848. The molecule has 1 unspecified atom stereocenters. The van der Waals surface area contributed by atoms with Crippen molar-refractivity contribution >= 4 is 11.9 Å². The van der Waals surface area contributed by atoms with Crippen LogP contribution in [0.4, 0.5) is 0 Å². The van der Waals surface area contributed by atoms with Gasteiger partial charge in [-0.3, -0.25) is 14.5 Å². The average molecular weight is 294 g/mol. The van der Waals surface area contributed by atoms with Crippen molar-refractivity contribution in [3.63, 3.8) is 0 Å². The zero-order chi connectivity index (χ0) is 15.0. The lowest BCUT2D eigenvalue weighted by atomic mass is 9.94. The molecule has 0 radical (unpaired) electrons. The van der Waals surface area contributed by atoms with E-state index in [9.17, 15) is 14.7 Å². The molecular formula is C16H26N2O3. The second kappa shape index (κ2) is 5.95. The zero-order valence-corrected chi connectivity index (χ0v) is 12.8. The molecule has 3 aliphatic rings. The van der Waals surface area contributed by atoms with Crippen molar-refractivity contribution in [3.05, 3.63) is 0 Å². The molecule has 118 valence electrons. The van der Waals surface area contributed by atoms with Crippen LogP contribution in [0.5, 0.6) is 0 Å². The predicted molar refractivity (Wildman–Crippen MR) is 78.8 cm³/mol. The first kappa shape index (κ1) is 14.8. The van der Waals surface area contributed by atoms with Gasteiger partial charge in [0.1, 0.15) is 0 Å². The van der Waals surface area contributed by atoms with E-state index in [1.54, 1.807) is 0 Å². The molecule has 2 aliphatic carbocycles. The van der Waals surface area contributed by atoms with Gasteiger partial charge in [0.2, 0.25) is 5.91 Å². The minimum atomic E-state index is -0.801. The number of carboxylic acids is 1. The molecule has 3 fully saturated rings. The lowest BCUT2D eigenvalue weighted by molar-refractivity contribution is -0.149. The van der Waals surface area contributed by atoms with E-state index in [2.05, 4.69) is 11.8 Å². The Balaban J connectivity index is 1.54. The van der Waals surface area contributed by atoms with Gasteiger partial charge in [-0.2, -0.15) is 0 Å². The van der Waals surface area contributed by atoms with E-state index in [0.29, 0.717) is 12.3 Å². The van der Waals surface area contributed by atoms with E-state index >= 15 is 0 Å². The van der Waals surface area contributed by atoms with Gasteiger partial charge in [0.25, 0.3) is 0 Å². The molecule has 0 spiro atoms. The van der Waals surface area contributed by atoms with Gasteiger partial charge >= 0.3 is 5.97 Å². The van der Waals surface area contributed by atoms with Crippen molar-refractivity contribution < 1.29 is 14.7 Å². The summed E-state index contributed by atoms with van der Waals surface area (Å²) in [6.45, 7) is 6.66. The summed E-state index contributed by atoms with van der Waals surface area (Å²) in [4.78, 5) is 28.3. The Morgan fingerprint density at radius 1 is 1.05 bits per heavy atom. The molecule has 2 saturated carbocycles. The summed E-state index contributed by atoms with van der Waals surface area (Å²) in [7, 11) is 0. The topological polar surface area (TPSA) is 60.9 Å². The fourth-order valence-corrected chi connectivity index (χ4v) is 3.89. The van der Waals surface area contributed by atoms with Gasteiger partial charge in [0.15, 0.2) is 0 Å². The fourth-order valence-electron chi connectivity index (χ4n) is 3.89. The molecule has 3 rings (SSSR count). The predicted octanol–water partition coefficient (Wildman–Crippen LogP) is 1.29. The van der Waals surface area contributed by atoms with Gasteiger partial charge in [-0.25, -0.2) is 0 Å². The van der Waals surface area contributed by atoms with Crippen molar-refractivity contribution in [1.82, 2.24) is 9.80 Å². The summed E-state index contributed by atoms with van der Waals surface area (Å²) >= 11 is 0. The Labute approximate surface area is 126 Å². The van der Waals surface area contributed by atoms with Crippen LogP contribution in [0.2, 0.25) is 0 Å². The van der Waals surface area contributed by atoms with Crippen LogP contribution in [-0.2, 0) is 9.59 Å². The van der Waals surface area contributed by atoms with Crippen LogP contribution >= 0.6 is 0 Å². The number of carboxylic acid groups (broad SMARTS) is 1. The molecule has 21 heavy (non-hydrogen) atoms. The van der Waals surface area contributed by atoms with Crippen LogP contribution < -0.4 is 0 Å². The molecule has 1 heterocycles. The minimum absolute atomic E-state index is 0.0813. The molecule has 0 aromatic heterocycles. The Kier molecular flexibility index (Phi) is 4.20. The van der Waals surface area contributed by atoms with Crippen molar-refractivity contribution in [1.29, 1.82) is 0 Å². The monoisotopic (exact) mass is 294 g/mol. The smallest absolute Gasteiger partial charge is 0.307 e. The zero-order valence-electron chi connectivity index (χ0n) is 12.8. The number of piperazine rings is 1. The van der Waals surface area contributed by atoms with Gasteiger partial charge in [0.05, 0.1) is 11.8 Å². The van der Waals surface area contributed by atoms with Crippen LogP contribution in [0.3, 0.4) is 0 Å². The average Bonchev–Trinajstić information content (AvgIpc) is 3.18. The van der Waals surface area contributed by atoms with Crippen LogP contribution in [0.15, 0.2) is 0 Å². The second-order valence-corrected chi connectivity index (χ2v) is 7.20. The largest absolute Gasteiger partial charge is 0.481 e.